The van der Waals surface area contributed by atoms with E-state index < -0.39 is 9.84 Å². The molecule has 0 spiro atoms. The quantitative estimate of drug-likeness (QED) is 0.650. The normalized spacial score (nSPS) is 16.4. The summed E-state index contributed by atoms with van der Waals surface area (Å²) in [5, 5.41) is 0. The Kier molecular flexibility index (Phi) is 5.69. The standard InChI is InChI=1S/C22H22N4O4S/c1-31(29,30)17-7-5-15(6-8-17)12-21(28)26-11-9-16(14-26)19-13-20(27)25-22(24-19)18-4-2-3-10-23-18/h2-8,10,13,16H,9,11-12,14H2,1H3,(H,24,25,27)/t16-/m1/s1. The van der Waals surface area contributed by atoms with Gasteiger partial charge >= 0.3 is 0 Å². The van der Waals surface area contributed by atoms with Gasteiger partial charge in [0.05, 0.1) is 17.0 Å². The molecule has 31 heavy (non-hydrogen) atoms. The molecule has 0 bridgehead atoms. The second-order valence-corrected chi connectivity index (χ2v) is 9.67. The highest BCUT2D eigenvalue weighted by molar-refractivity contribution is 7.90. The van der Waals surface area contributed by atoms with Gasteiger partial charge in [0.1, 0.15) is 5.69 Å². The minimum Gasteiger partial charge on any atom is -0.342 e. The van der Waals surface area contributed by atoms with Gasteiger partial charge in [-0.15, -0.1) is 0 Å². The predicted octanol–water partition coefficient (Wildman–Crippen LogP) is 1.79. The number of aromatic nitrogens is 3. The summed E-state index contributed by atoms with van der Waals surface area (Å²) in [6.45, 7) is 1.07. The molecule has 1 fully saturated rings. The Morgan fingerprint density at radius 1 is 1.19 bits per heavy atom. The zero-order valence-corrected chi connectivity index (χ0v) is 17.8. The fraction of sp³-hybridized carbons (Fsp3) is 0.273. The van der Waals surface area contributed by atoms with Crippen LogP contribution in [0.15, 0.2) is 64.4 Å². The summed E-state index contributed by atoms with van der Waals surface area (Å²) in [6, 6.07) is 13.2. The van der Waals surface area contributed by atoms with Crippen molar-refractivity contribution in [3.8, 4) is 11.5 Å². The minimum absolute atomic E-state index is 0.0266. The van der Waals surface area contributed by atoms with E-state index in [2.05, 4.69) is 15.0 Å². The number of pyridine rings is 1. The van der Waals surface area contributed by atoms with E-state index >= 15 is 0 Å². The molecular formula is C22H22N4O4S. The lowest BCUT2D eigenvalue weighted by Gasteiger charge is -2.17. The van der Waals surface area contributed by atoms with E-state index in [0.717, 1.165) is 18.2 Å². The number of likely N-dealkylation sites (tertiary alicyclic amines) is 1. The van der Waals surface area contributed by atoms with Gasteiger partial charge in [-0.25, -0.2) is 13.4 Å². The van der Waals surface area contributed by atoms with Gasteiger partial charge in [-0.2, -0.15) is 0 Å². The number of nitrogens with zero attached hydrogens (tertiary/aromatic N) is 3. The van der Waals surface area contributed by atoms with E-state index in [1.165, 1.54) is 18.2 Å². The smallest absolute Gasteiger partial charge is 0.251 e. The summed E-state index contributed by atoms with van der Waals surface area (Å²) in [5.74, 6) is 0.351. The van der Waals surface area contributed by atoms with Crippen molar-refractivity contribution in [2.24, 2.45) is 0 Å². The molecule has 160 valence electrons. The number of hydrogen-bond acceptors (Lipinski definition) is 6. The first-order valence-electron chi connectivity index (χ1n) is 9.89. The fourth-order valence-corrected chi connectivity index (χ4v) is 4.31. The van der Waals surface area contributed by atoms with Crippen LogP contribution in [0.25, 0.3) is 11.5 Å². The Hall–Kier alpha value is -3.33. The summed E-state index contributed by atoms with van der Waals surface area (Å²) in [4.78, 5) is 38.4. The second kappa shape index (κ2) is 8.43. The molecule has 1 aromatic carbocycles. The summed E-state index contributed by atoms with van der Waals surface area (Å²) in [6.07, 6.45) is 3.70. The number of H-pyrrole nitrogens is 1. The monoisotopic (exact) mass is 438 g/mol. The van der Waals surface area contributed by atoms with Crippen molar-refractivity contribution in [3.63, 3.8) is 0 Å². The second-order valence-electron chi connectivity index (χ2n) is 7.65. The van der Waals surface area contributed by atoms with Crippen LogP contribution in [0.1, 0.15) is 23.6 Å². The molecule has 1 saturated heterocycles. The first-order valence-corrected chi connectivity index (χ1v) is 11.8. The minimum atomic E-state index is -3.26. The number of aromatic amines is 1. The average Bonchev–Trinajstić information content (AvgIpc) is 3.24. The van der Waals surface area contributed by atoms with Gasteiger partial charge in [-0.05, 0) is 36.2 Å². The molecule has 4 rings (SSSR count). The largest absolute Gasteiger partial charge is 0.342 e. The highest BCUT2D eigenvalue weighted by Gasteiger charge is 2.29. The van der Waals surface area contributed by atoms with E-state index in [1.54, 1.807) is 35.4 Å². The number of benzene rings is 1. The van der Waals surface area contributed by atoms with Crippen LogP contribution >= 0.6 is 0 Å². The molecule has 0 aliphatic carbocycles. The number of rotatable bonds is 5. The zero-order valence-electron chi connectivity index (χ0n) is 17.0. The van der Waals surface area contributed by atoms with Crippen LogP contribution in [-0.4, -0.2) is 53.5 Å². The Labute approximate surface area is 179 Å². The van der Waals surface area contributed by atoms with Crippen molar-refractivity contribution in [1.29, 1.82) is 0 Å². The molecule has 9 heteroatoms. The van der Waals surface area contributed by atoms with Gasteiger partial charge in [0.15, 0.2) is 15.7 Å². The number of carbonyl (C=O) groups excluding carboxylic acids is 1. The van der Waals surface area contributed by atoms with Gasteiger partial charge < -0.3 is 9.88 Å². The number of nitrogens with one attached hydrogen (secondary N) is 1. The van der Waals surface area contributed by atoms with Gasteiger partial charge in [-0.3, -0.25) is 14.6 Å². The molecule has 2 aromatic heterocycles. The Morgan fingerprint density at radius 3 is 2.65 bits per heavy atom. The lowest BCUT2D eigenvalue weighted by molar-refractivity contribution is -0.129. The first kappa shape index (κ1) is 20.9. The van der Waals surface area contributed by atoms with Crippen molar-refractivity contribution in [2.45, 2.75) is 23.7 Å². The van der Waals surface area contributed by atoms with E-state index in [9.17, 15) is 18.0 Å². The number of sulfone groups is 1. The van der Waals surface area contributed by atoms with E-state index in [4.69, 9.17) is 0 Å². The third-order valence-corrected chi connectivity index (χ3v) is 6.46. The maximum atomic E-state index is 12.7. The molecule has 3 heterocycles. The van der Waals surface area contributed by atoms with Crippen LogP contribution in [0.4, 0.5) is 0 Å². The summed E-state index contributed by atoms with van der Waals surface area (Å²) in [5.41, 5.74) is 1.75. The zero-order chi connectivity index (χ0) is 22.0. The van der Waals surface area contributed by atoms with Crippen LogP contribution in [0.2, 0.25) is 0 Å². The van der Waals surface area contributed by atoms with E-state index in [1.807, 2.05) is 6.07 Å². The first-order chi connectivity index (χ1) is 14.8. The third kappa shape index (κ3) is 4.88. The number of amides is 1. The van der Waals surface area contributed by atoms with E-state index in [-0.39, 0.29) is 28.7 Å². The number of carbonyl (C=O) groups is 1. The van der Waals surface area contributed by atoms with Crippen molar-refractivity contribution in [1.82, 2.24) is 19.9 Å². The van der Waals surface area contributed by atoms with Gasteiger partial charge in [0.2, 0.25) is 5.91 Å². The Balaban J connectivity index is 1.45. The molecule has 1 atom stereocenters. The lowest BCUT2D eigenvalue weighted by Crippen LogP contribution is -2.30. The molecule has 8 nitrogen and oxygen atoms in total. The highest BCUT2D eigenvalue weighted by Crippen LogP contribution is 2.26. The highest BCUT2D eigenvalue weighted by atomic mass is 32.2. The molecule has 1 aliphatic heterocycles. The summed E-state index contributed by atoms with van der Waals surface area (Å²) < 4.78 is 23.2. The topological polar surface area (TPSA) is 113 Å². The molecule has 1 amide bonds. The fourth-order valence-electron chi connectivity index (χ4n) is 3.68. The third-order valence-electron chi connectivity index (χ3n) is 5.34. The molecule has 1 aliphatic rings. The van der Waals surface area contributed by atoms with Crippen molar-refractivity contribution < 1.29 is 13.2 Å². The van der Waals surface area contributed by atoms with Crippen LogP contribution in [0.5, 0.6) is 0 Å². The van der Waals surface area contributed by atoms with Crippen molar-refractivity contribution in [2.75, 3.05) is 19.3 Å². The molecule has 3 aromatic rings. The maximum Gasteiger partial charge on any atom is 0.251 e. The molecule has 0 radical (unpaired) electrons. The van der Waals surface area contributed by atoms with Crippen LogP contribution in [0.3, 0.4) is 0 Å². The summed E-state index contributed by atoms with van der Waals surface area (Å²) in [7, 11) is -3.26. The van der Waals surface area contributed by atoms with Crippen molar-refractivity contribution in [3.05, 3.63) is 76.3 Å². The van der Waals surface area contributed by atoms with Gasteiger partial charge in [-0.1, -0.05) is 18.2 Å². The maximum absolute atomic E-state index is 12.7. The molecule has 1 N–H and O–H groups in total. The predicted molar refractivity (Wildman–Crippen MR) is 115 cm³/mol. The van der Waals surface area contributed by atoms with Gasteiger partial charge in [0, 0.05) is 37.5 Å². The van der Waals surface area contributed by atoms with E-state index in [0.29, 0.717) is 30.3 Å². The summed E-state index contributed by atoms with van der Waals surface area (Å²) >= 11 is 0. The molecule has 0 unspecified atom stereocenters. The number of hydrogen-bond donors (Lipinski definition) is 1. The van der Waals surface area contributed by atoms with Crippen LogP contribution in [0, 0.1) is 0 Å². The SMILES string of the molecule is CS(=O)(=O)c1ccc(CC(=O)N2CC[C@@H](c3cc(=O)[nH]c(-c4ccccn4)n3)C2)cc1. The van der Waals surface area contributed by atoms with Crippen molar-refractivity contribution >= 4 is 15.7 Å². The molecule has 0 saturated carbocycles. The average molecular weight is 439 g/mol. The van der Waals surface area contributed by atoms with Gasteiger partial charge in [0.25, 0.3) is 5.56 Å². The molecular weight excluding hydrogens is 416 g/mol. The lowest BCUT2D eigenvalue weighted by atomic mass is 10.0. The van der Waals surface area contributed by atoms with Crippen LogP contribution in [-0.2, 0) is 21.1 Å². The Bertz CT molecular complexity index is 1250. The Morgan fingerprint density at radius 2 is 1.97 bits per heavy atom. The van der Waals surface area contributed by atoms with Crippen LogP contribution < -0.4 is 5.56 Å².